The van der Waals surface area contributed by atoms with E-state index in [1.54, 1.807) is 11.8 Å². The lowest BCUT2D eigenvalue weighted by Crippen LogP contribution is -2.34. The van der Waals surface area contributed by atoms with Crippen molar-refractivity contribution >= 4 is 21.9 Å². The van der Waals surface area contributed by atoms with E-state index < -0.39 is 17.4 Å². The van der Waals surface area contributed by atoms with Crippen molar-refractivity contribution in [2.24, 2.45) is 11.8 Å². The number of tetrazole rings is 1. The molecule has 0 aliphatic rings. The molecule has 0 aliphatic carbocycles. The Kier molecular flexibility index (Phi) is 9.22. The molecule has 0 unspecified atom stereocenters. The molecule has 36 heavy (non-hydrogen) atoms. The Bertz CT molecular complexity index is 1140. The number of hydrogen-bond donors (Lipinski definition) is 0. The molecule has 0 N–H and O–H groups in total. The molecule has 0 bridgehead atoms. The summed E-state index contributed by atoms with van der Waals surface area (Å²) in [6.45, 7) is 10.1. The molecule has 9 heteroatoms. The molecule has 0 saturated heterocycles. The van der Waals surface area contributed by atoms with Crippen molar-refractivity contribution in [1.29, 1.82) is 0 Å². The van der Waals surface area contributed by atoms with E-state index in [0.29, 0.717) is 29.7 Å². The number of hydrogen-bond acceptors (Lipinski definition) is 6. The second kappa shape index (κ2) is 12.0. The molecular formula is C27H34BrFN4O3. The maximum atomic E-state index is 14.3. The molecule has 7 nitrogen and oxygen atoms in total. The zero-order valence-corrected chi connectivity index (χ0v) is 23.3. The van der Waals surface area contributed by atoms with Crippen LogP contribution in [0.4, 0.5) is 4.39 Å². The van der Waals surface area contributed by atoms with Crippen molar-refractivity contribution in [3.05, 3.63) is 69.7 Å². The number of carbonyl (C=O) groups is 1. The van der Waals surface area contributed by atoms with E-state index in [4.69, 9.17) is 9.47 Å². The monoisotopic (exact) mass is 560 g/mol. The number of carbonyl (C=O) groups excluding carboxylic acids is 1. The average molecular weight is 561 g/mol. The van der Waals surface area contributed by atoms with Gasteiger partial charge in [0.25, 0.3) is 0 Å². The molecule has 1 aromatic heterocycles. The van der Waals surface area contributed by atoms with Crippen LogP contribution in [0.2, 0.25) is 0 Å². The van der Waals surface area contributed by atoms with Crippen LogP contribution >= 0.6 is 15.9 Å². The first kappa shape index (κ1) is 27.8. The second-order valence-corrected chi connectivity index (χ2v) is 11.3. The van der Waals surface area contributed by atoms with Crippen LogP contribution in [0.3, 0.4) is 0 Å². The molecule has 3 aromatic rings. The molecular weight excluding hydrogens is 527 g/mol. The van der Waals surface area contributed by atoms with Crippen molar-refractivity contribution < 1.29 is 18.7 Å². The van der Waals surface area contributed by atoms with E-state index in [0.717, 1.165) is 16.9 Å². The molecule has 2 aromatic carbocycles. The Morgan fingerprint density at radius 3 is 2.39 bits per heavy atom. The van der Waals surface area contributed by atoms with Gasteiger partial charge in [-0.05, 0) is 91.4 Å². The van der Waals surface area contributed by atoms with E-state index >= 15 is 0 Å². The zero-order valence-electron chi connectivity index (χ0n) is 21.7. The van der Waals surface area contributed by atoms with Gasteiger partial charge >= 0.3 is 5.97 Å². The first-order valence-electron chi connectivity index (χ1n) is 12.0. The molecule has 0 spiro atoms. The molecule has 0 saturated carbocycles. The lowest BCUT2D eigenvalue weighted by Gasteiger charge is -2.30. The highest BCUT2D eigenvalue weighted by Crippen LogP contribution is 2.35. The van der Waals surface area contributed by atoms with Crippen molar-refractivity contribution in [2.75, 3.05) is 7.11 Å². The summed E-state index contributed by atoms with van der Waals surface area (Å²) >= 11 is 3.38. The summed E-state index contributed by atoms with van der Waals surface area (Å²) in [6, 6.07) is 12.4. The summed E-state index contributed by atoms with van der Waals surface area (Å²) in [5.41, 5.74) is 1.07. The van der Waals surface area contributed by atoms with Crippen LogP contribution in [0, 0.1) is 17.7 Å². The number of aromatic nitrogens is 4. The summed E-state index contributed by atoms with van der Waals surface area (Å²) in [4.78, 5) is 13.5. The minimum atomic E-state index is -0.645. The number of esters is 1. The maximum Gasteiger partial charge on any atom is 0.310 e. The van der Waals surface area contributed by atoms with E-state index in [2.05, 4.69) is 45.3 Å². The summed E-state index contributed by atoms with van der Waals surface area (Å²) in [5.74, 6) is -0.0783. The van der Waals surface area contributed by atoms with Gasteiger partial charge in [-0.15, -0.1) is 5.10 Å². The largest absolute Gasteiger partial charge is 0.497 e. The average Bonchev–Trinajstić information content (AvgIpc) is 3.22. The van der Waals surface area contributed by atoms with Gasteiger partial charge in [0.05, 0.1) is 19.6 Å². The summed E-state index contributed by atoms with van der Waals surface area (Å²) < 4.78 is 27.7. The van der Waals surface area contributed by atoms with Crippen molar-refractivity contribution in [2.45, 2.75) is 65.5 Å². The fourth-order valence-electron chi connectivity index (χ4n) is 4.20. The first-order valence-corrected chi connectivity index (χ1v) is 12.8. The zero-order chi connectivity index (χ0) is 26.5. The minimum absolute atomic E-state index is 0.218. The van der Waals surface area contributed by atoms with Gasteiger partial charge in [0.15, 0.2) is 5.82 Å². The predicted molar refractivity (Wildman–Crippen MR) is 139 cm³/mol. The van der Waals surface area contributed by atoms with Gasteiger partial charge in [-0.2, -0.15) is 0 Å². The highest BCUT2D eigenvalue weighted by Gasteiger charge is 2.37. The molecule has 0 amide bonds. The third-order valence-corrected chi connectivity index (χ3v) is 6.14. The Hall–Kier alpha value is -2.81. The predicted octanol–water partition coefficient (Wildman–Crippen LogP) is 5.96. The topological polar surface area (TPSA) is 79.1 Å². The third kappa shape index (κ3) is 7.85. The van der Waals surface area contributed by atoms with Crippen LogP contribution in [-0.2, 0) is 22.5 Å². The normalized spacial score (nSPS) is 13.5. The number of halogens is 2. The number of ether oxygens (including phenoxy) is 2. The van der Waals surface area contributed by atoms with Gasteiger partial charge < -0.3 is 9.47 Å². The van der Waals surface area contributed by atoms with Gasteiger partial charge in [-0.1, -0.05) is 41.9 Å². The van der Waals surface area contributed by atoms with Crippen molar-refractivity contribution in [1.82, 2.24) is 20.2 Å². The van der Waals surface area contributed by atoms with Crippen LogP contribution in [0.15, 0.2) is 46.9 Å². The van der Waals surface area contributed by atoms with E-state index in [-0.39, 0.29) is 17.7 Å². The van der Waals surface area contributed by atoms with E-state index in [1.165, 1.54) is 12.1 Å². The number of rotatable bonds is 10. The molecule has 0 radical (unpaired) electrons. The number of nitrogens with zero attached hydrogens (tertiary/aromatic N) is 4. The molecule has 1 heterocycles. The summed E-state index contributed by atoms with van der Waals surface area (Å²) in [7, 11) is 1.62. The molecule has 0 aliphatic heterocycles. The number of benzene rings is 2. The third-order valence-electron chi connectivity index (χ3n) is 5.68. The Balaban J connectivity index is 2.04. The molecule has 0 fully saturated rings. The Labute approximate surface area is 220 Å². The van der Waals surface area contributed by atoms with Gasteiger partial charge in [-0.3, -0.25) is 4.79 Å². The lowest BCUT2D eigenvalue weighted by molar-refractivity contribution is -0.161. The van der Waals surface area contributed by atoms with Crippen LogP contribution in [0.25, 0.3) is 0 Å². The first-order chi connectivity index (χ1) is 16.9. The summed E-state index contributed by atoms with van der Waals surface area (Å²) in [6.07, 6.45) is 0.946. The van der Waals surface area contributed by atoms with Crippen molar-refractivity contribution in [3.8, 4) is 5.75 Å². The Morgan fingerprint density at radius 1 is 1.11 bits per heavy atom. The van der Waals surface area contributed by atoms with Crippen LogP contribution in [-0.4, -0.2) is 38.9 Å². The smallest absolute Gasteiger partial charge is 0.310 e. The molecule has 2 atom stereocenters. The van der Waals surface area contributed by atoms with E-state index in [9.17, 15) is 9.18 Å². The second-order valence-electron chi connectivity index (χ2n) is 10.4. The van der Waals surface area contributed by atoms with E-state index in [1.807, 2.05) is 51.1 Å². The Morgan fingerprint density at radius 2 is 1.81 bits per heavy atom. The standard InChI is InChI=1S/C27H34BrFN4O3/c1-17(2)11-24(26(34)36-27(3,4)5)23(14-19-12-20(28)15-21(29)13-19)25-30-31-32-33(25)16-18-7-9-22(35-6)10-8-18/h7-10,12-13,15,17,23-24H,11,14,16H2,1-6H3/t23-,24-/m0/s1. The highest BCUT2D eigenvalue weighted by molar-refractivity contribution is 9.10. The molecule has 3 rings (SSSR count). The SMILES string of the molecule is COc1ccc(Cn2nnnc2[C@@H](Cc2cc(F)cc(Br)c2)[C@H](CC(C)C)C(=O)OC(C)(C)C)cc1. The minimum Gasteiger partial charge on any atom is -0.497 e. The van der Waals surface area contributed by atoms with Crippen LogP contribution < -0.4 is 4.74 Å². The quantitative estimate of drug-likeness (QED) is 0.284. The lowest BCUT2D eigenvalue weighted by atomic mass is 9.81. The number of methoxy groups -OCH3 is 1. The van der Waals surface area contributed by atoms with Crippen molar-refractivity contribution in [3.63, 3.8) is 0 Å². The summed E-state index contributed by atoms with van der Waals surface area (Å²) in [5, 5.41) is 12.5. The van der Waals surface area contributed by atoms with Gasteiger partial charge in [-0.25, -0.2) is 9.07 Å². The van der Waals surface area contributed by atoms with Gasteiger partial charge in [0.1, 0.15) is 17.2 Å². The maximum absolute atomic E-state index is 14.3. The highest BCUT2D eigenvalue weighted by atomic mass is 79.9. The van der Waals surface area contributed by atoms with Crippen LogP contribution in [0.5, 0.6) is 5.75 Å². The fourth-order valence-corrected chi connectivity index (χ4v) is 4.71. The fraction of sp³-hybridized carbons (Fsp3) is 0.481. The van der Waals surface area contributed by atoms with Gasteiger partial charge in [0.2, 0.25) is 0 Å². The van der Waals surface area contributed by atoms with Crippen LogP contribution in [0.1, 0.15) is 63.9 Å². The van der Waals surface area contributed by atoms with Gasteiger partial charge in [0, 0.05) is 10.4 Å². The molecule has 194 valence electrons.